The molecule has 0 aliphatic carbocycles. The number of hydrogen-bond acceptors (Lipinski definition) is 4. The van der Waals surface area contributed by atoms with Crippen molar-refractivity contribution in [3.05, 3.63) is 29.6 Å². The van der Waals surface area contributed by atoms with Crippen LogP contribution in [0.2, 0.25) is 0 Å². The van der Waals surface area contributed by atoms with Crippen LogP contribution in [0.4, 0.5) is 0 Å². The highest BCUT2D eigenvalue weighted by molar-refractivity contribution is 7.89. The maximum Gasteiger partial charge on any atom is 0.217 e. The van der Waals surface area contributed by atoms with E-state index in [1.807, 2.05) is 19.1 Å². The van der Waals surface area contributed by atoms with E-state index in [0.717, 1.165) is 24.1 Å². The van der Waals surface area contributed by atoms with Crippen molar-refractivity contribution in [2.75, 3.05) is 12.3 Å². The van der Waals surface area contributed by atoms with Gasteiger partial charge in [0.25, 0.3) is 0 Å². The van der Waals surface area contributed by atoms with E-state index in [1.165, 1.54) is 6.92 Å². The lowest BCUT2D eigenvalue weighted by Gasteiger charge is -2.23. The normalized spacial score (nSPS) is 19.3. The van der Waals surface area contributed by atoms with Gasteiger partial charge in [-0.15, -0.1) is 0 Å². The molecular weight excluding hydrogens is 302 g/mol. The summed E-state index contributed by atoms with van der Waals surface area (Å²) in [5, 5.41) is 2.72. The quantitative estimate of drug-likeness (QED) is 0.861. The fraction of sp³-hybridized carbons (Fsp3) is 0.600. The van der Waals surface area contributed by atoms with Gasteiger partial charge in [0.05, 0.1) is 17.5 Å². The van der Waals surface area contributed by atoms with Crippen LogP contribution in [0.25, 0.3) is 0 Å². The Bertz CT molecular complexity index is 613. The Morgan fingerprint density at radius 2 is 2.23 bits per heavy atom. The van der Waals surface area contributed by atoms with Gasteiger partial charge in [0.2, 0.25) is 15.9 Å². The Morgan fingerprint density at radius 1 is 1.45 bits per heavy atom. The number of pyridine rings is 1. The van der Waals surface area contributed by atoms with E-state index < -0.39 is 10.0 Å². The largest absolute Gasteiger partial charge is 0.352 e. The van der Waals surface area contributed by atoms with Crippen LogP contribution in [-0.2, 0) is 21.4 Å². The predicted octanol–water partition coefficient (Wildman–Crippen LogP) is 1.59. The number of rotatable bonds is 6. The average Bonchev–Trinajstić information content (AvgIpc) is 2.96. The first-order valence-electron chi connectivity index (χ1n) is 7.63. The second-order valence-corrected chi connectivity index (χ2v) is 7.63. The molecule has 2 heterocycles. The lowest BCUT2D eigenvalue weighted by atomic mass is 10.1. The third-order valence-corrected chi connectivity index (χ3v) is 5.83. The number of aromatic nitrogens is 1. The van der Waals surface area contributed by atoms with Crippen molar-refractivity contribution in [1.29, 1.82) is 0 Å². The summed E-state index contributed by atoms with van der Waals surface area (Å²) in [4.78, 5) is 15.3. The molecule has 1 aromatic heterocycles. The molecule has 0 saturated carbocycles. The van der Waals surface area contributed by atoms with Crippen molar-refractivity contribution < 1.29 is 13.2 Å². The first-order valence-corrected chi connectivity index (χ1v) is 9.23. The van der Waals surface area contributed by atoms with E-state index in [1.54, 1.807) is 10.5 Å². The summed E-state index contributed by atoms with van der Waals surface area (Å²) in [5.41, 5.74) is 1.68. The van der Waals surface area contributed by atoms with Crippen LogP contribution in [0.3, 0.4) is 0 Å². The molecule has 1 aliphatic rings. The molecule has 22 heavy (non-hydrogen) atoms. The number of carbonyl (C=O) groups excluding carboxylic acids is 1. The summed E-state index contributed by atoms with van der Waals surface area (Å²) in [6, 6.07) is 3.59. The third-order valence-electron chi connectivity index (χ3n) is 3.75. The molecule has 1 aliphatic heterocycles. The smallest absolute Gasteiger partial charge is 0.217 e. The summed E-state index contributed by atoms with van der Waals surface area (Å²) in [6.45, 7) is 4.35. The Kier molecular flexibility index (Phi) is 5.52. The van der Waals surface area contributed by atoms with Crippen molar-refractivity contribution in [3.8, 4) is 0 Å². The van der Waals surface area contributed by atoms with E-state index in [4.69, 9.17) is 0 Å². The molecule has 1 amide bonds. The number of carbonyl (C=O) groups is 1. The number of amides is 1. The van der Waals surface area contributed by atoms with Crippen LogP contribution in [0.5, 0.6) is 0 Å². The highest BCUT2D eigenvalue weighted by Gasteiger charge is 2.35. The zero-order valence-corrected chi connectivity index (χ0v) is 13.9. The topological polar surface area (TPSA) is 79.4 Å². The molecule has 1 aromatic rings. The molecular formula is C15H23N3O3S. The van der Waals surface area contributed by atoms with Gasteiger partial charge < -0.3 is 5.32 Å². The maximum atomic E-state index is 12.3. The molecule has 2 rings (SSSR count). The second-order valence-electron chi connectivity index (χ2n) is 5.59. The summed E-state index contributed by atoms with van der Waals surface area (Å²) < 4.78 is 26.2. The van der Waals surface area contributed by atoms with Gasteiger partial charge in [-0.2, -0.15) is 4.31 Å². The maximum absolute atomic E-state index is 12.3. The SMILES string of the molecule is CCCS(=O)(=O)N1CCC[C@@H]1c1ccc(CNC(C)=O)cn1. The van der Waals surface area contributed by atoms with E-state index in [2.05, 4.69) is 10.3 Å². The number of nitrogens with one attached hydrogen (secondary N) is 1. The zero-order chi connectivity index (χ0) is 16.2. The van der Waals surface area contributed by atoms with Crippen molar-refractivity contribution in [1.82, 2.24) is 14.6 Å². The molecule has 0 bridgehead atoms. The van der Waals surface area contributed by atoms with Crippen molar-refractivity contribution in [2.45, 2.75) is 45.7 Å². The molecule has 0 spiro atoms. The van der Waals surface area contributed by atoms with Gasteiger partial charge in [0.1, 0.15) is 0 Å². The van der Waals surface area contributed by atoms with E-state index in [-0.39, 0.29) is 17.7 Å². The fourth-order valence-corrected chi connectivity index (χ4v) is 4.47. The molecule has 1 N–H and O–H groups in total. The van der Waals surface area contributed by atoms with Gasteiger partial charge in [0.15, 0.2) is 0 Å². The minimum absolute atomic E-state index is 0.0864. The second kappa shape index (κ2) is 7.19. The van der Waals surface area contributed by atoms with Crippen LogP contribution in [0.1, 0.15) is 50.4 Å². The molecule has 1 saturated heterocycles. The molecule has 1 atom stereocenters. The van der Waals surface area contributed by atoms with Gasteiger partial charge in [-0.25, -0.2) is 8.42 Å². The minimum atomic E-state index is -3.20. The van der Waals surface area contributed by atoms with Crippen LogP contribution in [0, 0.1) is 0 Å². The first kappa shape index (κ1) is 16.9. The number of nitrogens with zero attached hydrogens (tertiary/aromatic N) is 2. The standard InChI is InChI=1S/C15H23N3O3S/c1-3-9-22(20,21)18-8-4-5-15(18)14-7-6-13(11-17-14)10-16-12(2)19/h6-7,11,15H,3-5,8-10H2,1-2H3,(H,16,19)/t15-/m1/s1. The van der Waals surface area contributed by atoms with Gasteiger partial charge in [-0.05, 0) is 30.9 Å². The van der Waals surface area contributed by atoms with Crippen LogP contribution in [-0.4, -0.2) is 35.9 Å². The molecule has 1 fully saturated rings. The van der Waals surface area contributed by atoms with Crippen molar-refractivity contribution in [2.24, 2.45) is 0 Å². The Balaban J connectivity index is 2.11. The van der Waals surface area contributed by atoms with Crippen LogP contribution in [0.15, 0.2) is 18.3 Å². The molecule has 6 nitrogen and oxygen atoms in total. The van der Waals surface area contributed by atoms with Gasteiger partial charge in [-0.1, -0.05) is 13.0 Å². The summed E-state index contributed by atoms with van der Waals surface area (Å²) in [6.07, 6.45) is 3.99. The van der Waals surface area contributed by atoms with Crippen LogP contribution >= 0.6 is 0 Å². The van der Waals surface area contributed by atoms with Gasteiger partial charge in [-0.3, -0.25) is 9.78 Å². The Morgan fingerprint density at radius 3 is 2.82 bits per heavy atom. The molecule has 0 radical (unpaired) electrons. The Labute approximate surface area is 132 Å². The highest BCUT2D eigenvalue weighted by atomic mass is 32.2. The lowest BCUT2D eigenvalue weighted by molar-refractivity contribution is -0.119. The average molecular weight is 325 g/mol. The fourth-order valence-electron chi connectivity index (χ4n) is 2.71. The summed E-state index contributed by atoms with van der Waals surface area (Å²) in [7, 11) is -3.20. The minimum Gasteiger partial charge on any atom is -0.352 e. The lowest BCUT2D eigenvalue weighted by Crippen LogP contribution is -2.32. The van der Waals surface area contributed by atoms with Gasteiger partial charge >= 0.3 is 0 Å². The molecule has 122 valence electrons. The third kappa shape index (κ3) is 4.04. The Hall–Kier alpha value is -1.47. The molecule has 7 heteroatoms. The monoisotopic (exact) mass is 325 g/mol. The zero-order valence-electron chi connectivity index (χ0n) is 13.1. The predicted molar refractivity (Wildman–Crippen MR) is 84.5 cm³/mol. The highest BCUT2D eigenvalue weighted by Crippen LogP contribution is 2.33. The number of sulfonamides is 1. The summed E-state index contributed by atoms with van der Waals surface area (Å²) in [5.74, 6) is 0.0983. The van der Waals surface area contributed by atoms with Crippen molar-refractivity contribution >= 4 is 15.9 Å². The van der Waals surface area contributed by atoms with Gasteiger partial charge in [0, 0.05) is 26.2 Å². The molecule has 0 unspecified atom stereocenters. The number of hydrogen-bond donors (Lipinski definition) is 1. The summed E-state index contributed by atoms with van der Waals surface area (Å²) >= 11 is 0. The van der Waals surface area contributed by atoms with Crippen LogP contribution < -0.4 is 5.32 Å². The van der Waals surface area contributed by atoms with E-state index >= 15 is 0 Å². The van der Waals surface area contributed by atoms with E-state index in [9.17, 15) is 13.2 Å². The molecule has 0 aromatic carbocycles. The van der Waals surface area contributed by atoms with Crippen molar-refractivity contribution in [3.63, 3.8) is 0 Å². The van der Waals surface area contributed by atoms with E-state index in [0.29, 0.717) is 19.5 Å². The first-order chi connectivity index (χ1) is 10.4.